The SMILES string of the molecule is Cc1nn(-c2ccccc2)c(C)c1C(=O)OCc1nc(Cl)ccc1Cl. The number of aryl methyl sites for hydroxylation is 1. The van der Waals surface area contributed by atoms with Gasteiger partial charge in [-0.2, -0.15) is 5.10 Å². The molecule has 1 aromatic carbocycles. The van der Waals surface area contributed by atoms with E-state index in [9.17, 15) is 4.79 Å². The highest BCUT2D eigenvalue weighted by Crippen LogP contribution is 2.21. The fourth-order valence-electron chi connectivity index (χ4n) is 2.52. The zero-order chi connectivity index (χ0) is 18.0. The normalized spacial score (nSPS) is 10.7. The minimum absolute atomic E-state index is 0.0619. The maximum Gasteiger partial charge on any atom is 0.342 e. The maximum atomic E-state index is 12.5. The molecule has 0 spiro atoms. The lowest BCUT2D eigenvalue weighted by Gasteiger charge is -2.07. The molecule has 0 unspecified atom stereocenters. The van der Waals surface area contributed by atoms with Crippen molar-refractivity contribution >= 4 is 29.2 Å². The van der Waals surface area contributed by atoms with Gasteiger partial charge in [-0.1, -0.05) is 41.4 Å². The van der Waals surface area contributed by atoms with Gasteiger partial charge in [0.2, 0.25) is 0 Å². The molecule has 0 amide bonds. The second-order valence-electron chi connectivity index (χ2n) is 5.43. The van der Waals surface area contributed by atoms with Gasteiger partial charge >= 0.3 is 5.97 Å². The number of halogens is 2. The standard InChI is InChI=1S/C18H15Cl2N3O2/c1-11-17(12(2)23(22-11)13-6-4-3-5-7-13)18(24)25-10-15-14(19)8-9-16(20)21-15/h3-9H,10H2,1-2H3. The molecule has 0 atom stereocenters. The van der Waals surface area contributed by atoms with Gasteiger partial charge in [-0.05, 0) is 38.1 Å². The molecular weight excluding hydrogens is 361 g/mol. The van der Waals surface area contributed by atoms with E-state index >= 15 is 0 Å². The number of hydrogen-bond donors (Lipinski definition) is 0. The highest BCUT2D eigenvalue weighted by molar-refractivity contribution is 6.32. The van der Waals surface area contributed by atoms with Crippen molar-refractivity contribution in [2.24, 2.45) is 0 Å². The van der Waals surface area contributed by atoms with Crippen molar-refractivity contribution in [3.63, 3.8) is 0 Å². The number of carbonyl (C=O) groups excluding carboxylic acids is 1. The van der Waals surface area contributed by atoms with Crippen molar-refractivity contribution in [3.05, 3.63) is 75.3 Å². The van der Waals surface area contributed by atoms with Crippen LogP contribution in [0.25, 0.3) is 5.69 Å². The third-order valence-electron chi connectivity index (χ3n) is 3.72. The van der Waals surface area contributed by atoms with Crippen LogP contribution in [-0.2, 0) is 11.3 Å². The van der Waals surface area contributed by atoms with E-state index in [0.29, 0.717) is 32.8 Å². The van der Waals surface area contributed by atoms with Gasteiger partial charge in [0.25, 0.3) is 0 Å². The summed E-state index contributed by atoms with van der Waals surface area (Å²) in [4.78, 5) is 16.6. The van der Waals surface area contributed by atoms with Gasteiger partial charge in [0.05, 0.1) is 27.8 Å². The summed E-state index contributed by atoms with van der Waals surface area (Å²) in [6.07, 6.45) is 0. The molecule has 0 aliphatic heterocycles. The van der Waals surface area contributed by atoms with E-state index in [4.69, 9.17) is 27.9 Å². The van der Waals surface area contributed by atoms with Gasteiger partial charge < -0.3 is 4.74 Å². The number of para-hydroxylation sites is 1. The smallest absolute Gasteiger partial charge is 0.342 e. The van der Waals surface area contributed by atoms with Crippen LogP contribution in [0.4, 0.5) is 0 Å². The van der Waals surface area contributed by atoms with Gasteiger partial charge in [0.1, 0.15) is 17.3 Å². The fraction of sp³-hybridized carbons (Fsp3) is 0.167. The van der Waals surface area contributed by atoms with Gasteiger partial charge in [0.15, 0.2) is 0 Å². The Morgan fingerprint density at radius 3 is 2.56 bits per heavy atom. The van der Waals surface area contributed by atoms with Crippen molar-refractivity contribution in [2.45, 2.75) is 20.5 Å². The van der Waals surface area contributed by atoms with E-state index in [2.05, 4.69) is 10.1 Å². The monoisotopic (exact) mass is 375 g/mol. The molecule has 0 aliphatic carbocycles. The predicted octanol–water partition coefficient (Wildman–Crippen LogP) is 4.55. The highest BCUT2D eigenvalue weighted by Gasteiger charge is 2.21. The molecule has 5 nitrogen and oxygen atoms in total. The number of benzene rings is 1. The third kappa shape index (κ3) is 3.67. The molecule has 128 valence electrons. The van der Waals surface area contributed by atoms with Gasteiger partial charge in [-0.15, -0.1) is 0 Å². The molecule has 0 bridgehead atoms. The zero-order valence-corrected chi connectivity index (χ0v) is 15.2. The molecule has 3 aromatic rings. The molecule has 0 radical (unpaired) electrons. The number of esters is 1. The summed E-state index contributed by atoms with van der Waals surface area (Å²) in [5.74, 6) is -0.477. The molecule has 0 N–H and O–H groups in total. The van der Waals surface area contributed by atoms with Gasteiger partial charge in [0, 0.05) is 0 Å². The van der Waals surface area contributed by atoms with E-state index in [-0.39, 0.29) is 6.61 Å². The summed E-state index contributed by atoms with van der Waals surface area (Å²) >= 11 is 11.9. The van der Waals surface area contributed by atoms with E-state index in [1.165, 1.54) is 0 Å². The summed E-state index contributed by atoms with van der Waals surface area (Å²) in [5.41, 5.74) is 3.02. The largest absolute Gasteiger partial charge is 0.455 e. The van der Waals surface area contributed by atoms with Crippen molar-refractivity contribution in [1.29, 1.82) is 0 Å². The number of carbonyl (C=O) groups is 1. The quantitative estimate of drug-likeness (QED) is 0.495. The average molecular weight is 376 g/mol. The van der Waals surface area contributed by atoms with Crippen LogP contribution >= 0.6 is 23.2 Å². The molecule has 0 saturated carbocycles. The molecule has 0 fully saturated rings. The van der Waals surface area contributed by atoms with Crippen molar-refractivity contribution in [2.75, 3.05) is 0 Å². The Hall–Kier alpha value is -2.37. The number of hydrogen-bond acceptors (Lipinski definition) is 4. The van der Waals surface area contributed by atoms with Crippen LogP contribution in [0.5, 0.6) is 0 Å². The molecule has 25 heavy (non-hydrogen) atoms. The Balaban J connectivity index is 1.83. The first-order valence-corrected chi connectivity index (χ1v) is 8.32. The molecule has 2 aromatic heterocycles. The summed E-state index contributed by atoms with van der Waals surface area (Å²) in [5, 5.41) is 5.13. The lowest BCUT2D eigenvalue weighted by Crippen LogP contribution is -2.09. The highest BCUT2D eigenvalue weighted by atomic mass is 35.5. The Labute approximate surface area is 155 Å². The van der Waals surface area contributed by atoms with Crippen molar-refractivity contribution < 1.29 is 9.53 Å². The summed E-state index contributed by atoms with van der Waals surface area (Å²) < 4.78 is 7.08. The van der Waals surface area contributed by atoms with E-state index in [1.807, 2.05) is 37.3 Å². The van der Waals surface area contributed by atoms with Crippen LogP contribution < -0.4 is 0 Å². The van der Waals surface area contributed by atoms with Crippen LogP contribution in [-0.4, -0.2) is 20.7 Å². The van der Waals surface area contributed by atoms with Crippen LogP contribution in [0.1, 0.15) is 27.4 Å². The third-order valence-corrected chi connectivity index (χ3v) is 4.28. The second kappa shape index (κ2) is 7.25. The minimum atomic E-state index is -0.477. The first-order chi connectivity index (χ1) is 12.0. The Bertz CT molecular complexity index is 924. The molecule has 0 aliphatic rings. The molecule has 3 rings (SSSR count). The molecule has 0 saturated heterocycles. The number of ether oxygens (including phenoxy) is 1. The lowest BCUT2D eigenvalue weighted by molar-refractivity contribution is 0.0466. The zero-order valence-electron chi connectivity index (χ0n) is 13.7. The van der Waals surface area contributed by atoms with Gasteiger partial charge in [-0.25, -0.2) is 14.5 Å². The predicted molar refractivity (Wildman–Crippen MR) is 96.4 cm³/mol. The summed E-state index contributed by atoms with van der Waals surface area (Å²) in [6, 6.07) is 12.8. The van der Waals surface area contributed by atoms with E-state index < -0.39 is 5.97 Å². The fourth-order valence-corrected chi connectivity index (χ4v) is 2.85. The van der Waals surface area contributed by atoms with Crippen LogP contribution in [0.3, 0.4) is 0 Å². The van der Waals surface area contributed by atoms with Crippen LogP contribution in [0, 0.1) is 13.8 Å². The average Bonchev–Trinajstić information content (AvgIpc) is 2.91. The maximum absolute atomic E-state index is 12.5. The first kappa shape index (κ1) is 17.5. The van der Waals surface area contributed by atoms with Gasteiger partial charge in [-0.3, -0.25) is 0 Å². The summed E-state index contributed by atoms with van der Waals surface area (Å²) in [7, 11) is 0. The number of nitrogens with zero attached hydrogens (tertiary/aromatic N) is 3. The molecule has 2 heterocycles. The summed E-state index contributed by atoms with van der Waals surface area (Å²) in [6.45, 7) is 3.54. The molecule has 7 heteroatoms. The molecular formula is C18H15Cl2N3O2. The first-order valence-electron chi connectivity index (χ1n) is 7.57. The van der Waals surface area contributed by atoms with E-state index in [1.54, 1.807) is 23.7 Å². The topological polar surface area (TPSA) is 57.0 Å². The number of aromatic nitrogens is 3. The number of pyridine rings is 1. The van der Waals surface area contributed by atoms with Crippen LogP contribution in [0.2, 0.25) is 10.2 Å². The Morgan fingerprint density at radius 2 is 1.84 bits per heavy atom. The van der Waals surface area contributed by atoms with Crippen LogP contribution in [0.15, 0.2) is 42.5 Å². The van der Waals surface area contributed by atoms with Crippen molar-refractivity contribution in [3.8, 4) is 5.69 Å². The van der Waals surface area contributed by atoms with E-state index in [0.717, 1.165) is 5.69 Å². The Morgan fingerprint density at radius 1 is 1.12 bits per heavy atom. The van der Waals surface area contributed by atoms with Crippen molar-refractivity contribution in [1.82, 2.24) is 14.8 Å². The number of rotatable bonds is 4. The Kier molecular flexibility index (Phi) is 5.06. The second-order valence-corrected chi connectivity index (χ2v) is 6.23. The minimum Gasteiger partial charge on any atom is -0.455 e. The lowest BCUT2D eigenvalue weighted by atomic mass is 10.2.